The highest BCUT2D eigenvalue weighted by molar-refractivity contribution is 6.31. The van der Waals surface area contributed by atoms with E-state index in [-0.39, 0.29) is 16.4 Å². The van der Waals surface area contributed by atoms with Crippen molar-refractivity contribution >= 4 is 28.5 Å². The van der Waals surface area contributed by atoms with Crippen LogP contribution in [0.3, 0.4) is 0 Å². The number of furan rings is 1. The highest BCUT2D eigenvalue weighted by Gasteiger charge is 2.13. The third-order valence-corrected chi connectivity index (χ3v) is 2.24. The number of halogens is 2. The van der Waals surface area contributed by atoms with Crippen LogP contribution in [0.4, 0.5) is 4.39 Å². The van der Waals surface area contributed by atoms with Gasteiger partial charge in [-0.25, -0.2) is 9.18 Å². The summed E-state index contributed by atoms with van der Waals surface area (Å²) >= 11 is 5.58. The molecule has 0 bridgehead atoms. The predicted octanol–water partition coefficient (Wildman–Crippen LogP) is 3.01. The van der Waals surface area contributed by atoms with E-state index in [1.807, 2.05) is 0 Å². The zero-order valence-electron chi connectivity index (χ0n) is 7.71. The molecule has 0 spiro atoms. The molecule has 15 heavy (non-hydrogen) atoms. The summed E-state index contributed by atoms with van der Waals surface area (Å²) in [6.45, 7) is 0. The summed E-state index contributed by atoms with van der Waals surface area (Å²) in [5.74, 6) is -1.17. The molecule has 0 N–H and O–H groups in total. The van der Waals surface area contributed by atoms with Gasteiger partial charge in [-0.3, -0.25) is 0 Å². The Morgan fingerprint density at radius 3 is 2.87 bits per heavy atom. The molecule has 1 aromatic heterocycles. The van der Waals surface area contributed by atoms with Gasteiger partial charge in [0.1, 0.15) is 11.4 Å². The molecule has 2 rings (SSSR count). The lowest BCUT2D eigenvalue weighted by atomic mass is 10.2. The third-order valence-electron chi connectivity index (χ3n) is 1.95. The quantitative estimate of drug-likeness (QED) is 0.705. The van der Waals surface area contributed by atoms with Crippen molar-refractivity contribution in [2.45, 2.75) is 0 Å². The molecule has 1 aromatic carbocycles. The molecule has 1 heterocycles. The molecule has 0 fully saturated rings. The average Bonchev–Trinajstić information content (AvgIpc) is 2.60. The number of methoxy groups -OCH3 is 1. The van der Waals surface area contributed by atoms with Gasteiger partial charge >= 0.3 is 5.97 Å². The van der Waals surface area contributed by atoms with E-state index < -0.39 is 11.8 Å². The van der Waals surface area contributed by atoms with Crippen molar-refractivity contribution in [1.29, 1.82) is 0 Å². The monoisotopic (exact) mass is 228 g/mol. The molecule has 2 aromatic rings. The summed E-state index contributed by atoms with van der Waals surface area (Å²) in [6.07, 6.45) is 0. The molecule has 0 saturated carbocycles. The summed E-state index contributed by atoms with van der Waals surface area (Å²) in [7, 11) is 1.24. The van der Waals surface area contributed by atoms with Crippen LogP contribution >= 0.6 is 11.6 Å². The summed E-state index contributed by atoms with van der Waals surface area (Å²) in [4.78, 5) is 11.1. The minimum Gasteiger partial charge on any atom is -0.463 e. The molecule has 3 nitrogen and oxygen atoms in total. The van der Waals surface area contributed by atoms with Crippen LogP contribution in [0.5, 0.6) is 0 Å². The van der Waals surface area contributed by atoms with E-state index in [0.29, 0.717) is 5.39 Å². The zero-order chi connectivity index (χ0) is 11.0. The molecule has 0 amide bonds. The molecule has 0 aliphatic rings. The Labute approximate surface area is 89.4 Å². The summed E-state index contributed by atoms with van der Waals surface area (Å²) in [6, 6.07) is 3.97. The minimum atomic E-state index is -0.609. The Bertz CT molecular complexity index is 494. The Morgan fingerprint density at radius 1 is 1.47 bits per heavy atom. The number of fused-ring (bicyclic) bond motifs is 1. The van der Waals surface area contributed by atoms with E-state index >= 15 is 0 Å². The lowest BCUT2D eigenvalue weighted by Crippen LogP contribution is -1.97. The van der Waals surface area contributed by atoms with Gasteiger partial charge in [0.05, 0.1) is 12.1 Å². The maximum absolute atomic E-state index is 13.0. The molecule has 78 valence electrons. The molecule has 0 aliphatic carbocycles. The largest absolute Gasteiger partial charge is 0.463 e. The third kappa shape index (κ3) is 1.68. The van der Waals surface area contributed by atoms with Gasteiger partial charge in [-0.15, -0.1) is 0 Å². The first kappa shape index (κ1) is 9.98. The maximum atomic E-state index is 13.0. The number of rotatable bonds is 1. The highest BCUT2D eigenvalue weighted by atomic mass is 35.5. The van der Waals surface area contributed by atoms with Crippen molar-refractivity contribution < 1.29 is 18.3 Å². The molecule has 0 radical (unpaired) electrons. The summed E-state index contributed by atoms with van der Waals surface area (Å²) in [5, 5.41) is 0.543. The first-order valence-electron chi connectivity index (χ1n) is 4.08. The fraction of sp³-hybridized carbons (Fsp3) is 0.100. The maximum Gasteiger partial charge on any atom is 0.373 e. The van der Waals surface area contributed by atoms with E-state index in [1.165, 1.54) is 19.2 Å². The molecule has 0 saturated heterocycles. The van der Waals surface area contributed by atoms with Crippen molar-refractivity contribution in [3.8, 4) is 0 Å². The topological polar surface area (TPSA) is 39.4 Å². The lowest BCUT2D eigenvalue weighted by molar-refractivity contribution is 0.0567. The number of benzene rings is 1. The van der Waals surface area contributed by atoms with Crippen LogP contribution in [0.25, 0.3) is 11.0 Å². The second-order valence-corrected chi connectivity index (χ2v) is 3.31. The number of hydrogen-bond donors (Lipinski definition) is 0. The van der Waals surface area contributed by atoms with Crippen molar-refractivity contribution in [3.05, 3.63) is 34.8 Å². The van der Waals surface area contributed by atoms with Gasteiger partial charge in [0.2, 0.25) is 5.76 Å². The Morgan fingerprint density at radius 2 is 2.20 bits per heavy atom. The van der Waals surface area contributed by atoms with Crippen molar-refractivity contribution in [2.24, 2.45) is 0 Å². The van der Waals surface area contributed by atoms with Crippen LogP contribution in [0.1, 0.15) is 10.6 Å². The second kappa shape index (κ2) is 3.55. The second-order valence-electron chi connectivity index (χ2n) is 2.91. The van der Waals surface area contributed by atoms with Gasteiger partial charge in [0.15, 0.2) is 0 Å². The van der Waals surface area contributed by atoms with E-state index in [1.54, 1.807) is 0 Å². The van der Waals surface area contributed by atoms with Crippen LogP contribution in [0.2, 0.25) is 5.02 Å². The number of esters is 1. The van der Waals surface area contributed by atoms with Crippen LogP contribution in [-0.2, 0) is 4.74 Å². The van der Waals surface area contributed by atoms with Crippen molar-refractivity contribution in [1.82, 2.24) is 0 Å². The van der Waals surface area contributed by atoms with Crippen LogP contribution in [0, 0.1) is 5.82 Å². The van der Waals surface area contributed by atoms with Crippen LogP contribution in [0.15, 0.2) is 22.6 Å². The SMILES string of the molecule is COC(=O)c1cc2cc(Cl)c(F)cc2o1. The molecular formula is C10H6ClFO3. The first-order valence-corrected chi connectivity index (χ1v) is 4.46. The van der Waals surface area contributed by atoms with Crippen LogP contribution in [-0.4, -0.2) is 13.1 Å². The highest BCUT2D eigenvalue weighted by Crippen LogP contribution is 2.25. The summed E-state index contributed by atoms with van der Waals surface area (Å²) in [5.41, 5.74) is 0.261. The van der Waals surface area contributed by atoms with E-state index in [4.69, 9.17) is 16.0 Å². The number of carbonyl (C=O) groups excluding carboxylic acids is 1. The Hall–Kier alpha value is -1.55. The number of hydrogen-bond acceptors (Lipinski definition) is 3. The lowest BCUT2D eigenvalue weighted by Gasteiger charge is -1.92. The van der Waals surface area contributed by atoms with E-state index in [0.717, 1.165) is 6.07 Å². The van der Waals surface area contributed by atoms with E-state index in [2.05, 4.69) is 4.74 Å². The molecule has 0 atom stereocenters. The van der Waals surface area contributed by atoms with Gasteiger partial charge in [0, 0.05) is 11.5 Å². The smallest absolute Gasteiger partial charge is 0.373 e. The van der Waals surface area contributed by atoms with Crippen molar-refractivity contribution in [3.63, 3.8) is 0 Å². The first-order chi connectivity index (χ1) is 7.11. The number of ether oxygens (including phenoxy) is 1. The zero-order valence-corrected chi connectivity index (χ0v) is 8.47. The fourth-order valence-electron chi connectivity index (χ4n) is 1.24. The Kier molecular flexibility index (Phi) is 2.36. The molecule has 0 unspecified atom stereocenters. The van der Waals surface area contributed by atoms with Gasteiger partial charge < -0.3 is 9.15 Å². The van der Waals surface area contributed by atoms with Crippen LogP contribution < -0.4 is 0 Å². The van der Waals surface area contributed by atoms with E-state index in [9.17, 15) is 9.18 Å². The average molecular weight is 229 g/mol. The van der Waals surface area contributed by atoms with Gasteiger partial charge in [-0.05, 0) is 12.1 Å². The number of carbonyl (C=O) groups is 1. The fourth-order valence-corrected chi connectivity index (χ4v) is 1.41. The standard InChI is InChI=1S/C10H6ClFO3/c1-14-10(13)9-3-5-2-6(11)7(12)4-8(5)15-9/h2-4H,1H3. The van der Waals surface area contributed by atoms with Gasteiger partial charge in [0.25, 0.3) is 0 Å². The van der Waals surface area contributed by atoms with Crippen molar-refractivity contribution in [2.75, 3.05) is 7.11 Å². The molecular weight excluding hydrogens is 223 g/mol. The molecule has 0 aliphatic heterocycles. The van der Waals surface area contributed by atoms with Gasteiger partial charge in [-0.2, -0.15) is 0 Å². The van der Waals surface area contributed by atoms with Gasteiger partial charge in [-0.1, -0.05) is 11.6 Å². The molecule has 5 heteroatoms. The predicted molar refractivity (Wildman–Crippen MR) is 52.5 cm³/mol. The normalized spacial score (nSPS) is 10.6. The summed E-state index contributed by atoms with van der Waals surface area (Å²) < 4.78 is 22.6. The Balaban J connectivity index is 2.61. The minimum absolute atomic E-state index is 0.0142.